The minimum absolute atomic E-state index is 0.730. The Balaban J connectivity index is 1.91. The van der Waals surface area contributed by atoms with Gasteiger partial charge < -0.3 is 0 Å². The summed E-state index contributed by atoms with van der Waals surface area (Å²) in [7, 11) is 0. The van der Waals surface area contributed by atoms with Crippen molar-refractivity contribution < 1.29 is 0 Å². The van der Waals surface area contributed by atoms with Gasteiger partial charge in [0.25, 0.3) is 0 Å². The molecule has 3 aromatic rings. The quantitative estimate of drug-likeness (QED) is 0.501. The smallest absolute Gasteiger partial charge is 0.0478 e. The first-order valence-electron chi connectivity index (χ1n) is 6.87. The third-order valence-electron chi connectivity index (χ3n) is 3.18. The zero-order valence-corrected chi connectivity index (χ0v) is 14.4. The molecule has 3 heterocycles. The average molecular weight is 319 g/mol. The van der Waals surface area contributed by atoms with Crippen molar-refractivity contribution in [3.8, 4) is 19.5 Å². The molecular formula is C17H18S3. The predicted octanol–water partition coefficient (Wildman–Crippen LogP) is 6.71. The lowest BCUT2D eigenvalue weighted by Gasteiger charge is -1.99. The van der Waals surface area contributed by atoms with Gasteiger partial charge in [0.1, 0.15) is 0 Å². The normalized spacial score (nSPS) is 11.4. The van der Waals surface area contributed by atoms with Gasteiger partial charge in [0.15, 0.2) is 0 Å². The van der Waals surface area contributed by atoms with Crippen LogP contribution in [0.25, 0.3) is 19.5 Å². The fourth-order valence-electron chi connectivity index (χ4n) is 2.28. The second-order valence-electron chi connectivity index (χ2n) is 5.46. The molecule has 0 saturated heterocycles. The molecule has 0 aliphatic heterocycles. The van der Waals surface area contributed by atoms with Gasteiger partial charge in [0.2, 0.25) is 0 Å². The van der Waals surface area contributed by atoms with Gasteiger partial charge in [-0.1, -0.05) is 19.9 Å². The molecule has 104 valence electrons. The monoisotopic (exact) mass is 318 g/mol. The Morgan fingerprint density at radius 1 is 1.00 bits per heavy atom. The summed E-state index contributed by atoms with van der Waals surface area (Å²) < 4.78 is 0. The molecular weight excluding hydrogens is 300 g/mol. The molecule has 0 aliphatic carbocycles. The summed E-state index contributed by atoms with van der Waals surface area (Å²) in [6.07, 6.45) is 1.19. The van der Waals surface area contributed by atoms with Crippen molar-refractivity contribution in [2.24, 2.45) is 5.92 Å². The van der Waals surface area contributed by atoms with Gasteiger partial charge in [-0.15, -0.1) is 34.0 Å². The third-order valence-corrected chi connectivity index (χ3v) is 6.77. The van der Waals surface area contributed by atoms with Gasteiger partial charge in [-0.2, -0.15) is 0 Å². The van der Waals surface area contributed by atoms with Crippen molar-refractivity contribution in [2.75, 3.05) is 0 Å². The third kappa shape index (κ3) is 2.90. The van der Waals surface area contributed by atoms with Crippen LogP contribution in [0.2, 0.25) is 0 Å². The molecule has 0 spiro atoms. The van der Waals surface area contributed by atoms with Crippen molar-refractivity contribution in [1.82, 2.24) is 0 Å². The van der Waals surface area contributed by atoms with Crippen LogP contribution >= 0.6 is 34.0 Å². The highest BCUT2D eigenvalue weighted by Gasteiger charge is 2.12. The van der Waals surface area contributed by atoms with E-state index in [1.165, 1.54) is 36.4 Å². The fraction of sp³-hybridized carbons (Fsp3) is 0.294. The Labute approximate surface area is 132 Å². The lowest BCUT2D eigenvalue weighted by molar-refractivity contribution is 0.654. The van der Waals surface area contributed by atoms with Crippen LogP contribution in [0.5, 0.6) is 0 Å². The molecule has 0 nitrogen and oxygen atoms in total. The highest BCUT2D eigenvalue weighted by molar-refractivity contribution is 7.26. The van der Waals surface area contributed by atoms with E-state index in [1.807, 2.05) is 34.0 Å². The van der Waals surface area contributed by atoms with E-state index in [0.29, 0.717) is 0 Å². The molecule has 0 radical (unpaired) electrons. The molecule has 0 saturated carbocycles. The molecule has 0 bridgehead atoms. The Morgan fingerprint density at radius 3 is 2.55 bits per heavy atom. The average Bonchev–Trinajstić information content (AvgIpc) is 3.07. The van der Waals surface area contributed by atoms with E-state index in [-0.39, 0.29) is 0 Å². The molecule has 3 heteroatoms. The van der Waals surface area contributed by atoms with E-state index < -0.39 is 0 Å². The van der Waals surface area contributed by atoms with Crippen molar-refractivity contribution in [1.29, 1.82) is 0 Å². The molecule has 0 unspecified atom stereocenters. The van der Waals surface area contributed by atoms with Crippen LogP contribution in [-0.4, -0.2) is 0 Å². The molecule has 0 fully saturated rings. The standard InChI is InChI=1S/C17H18S3/c1-11(2)9-13-6-7-14(19-13)16-10-12(3)17(20-16)15-5-4-8-18-15/h4-8,10-11H,9H2,1-3H3. The van der Waals surface area contributed by atoms with Crippen molar-refractivity contribution in [3.05, 3.63) is 46.2 Å². The van der Waals surface area contributed by atoms with Gasteiger partial charge in [-0.05, 0) is 54.5 Å². The molecule has 0 aliphatic rings. The Morgan fingerprint density at radius 2 is 1.85 bits per heavy atom. The van der Waals surface area contributed by atoms with E-state index in [9.17, 15) is 0 Å². The van der Waals surface area contributed by atoms with Crippen LogP contribution in [0, 0.1) is 12.8 Å². The number of hydrogen-bond donors (Lipinski definition) is 0. The molecule has 3 aromatic heterocycles. The second kappa shape index (κ2) is 5.84. The van der Waals surface area contributed by atoms with E-state index in [1.54, 1.807) is 0 Å². The van der Waals surface area contributed by atoms with Gasteiger partial charge in [0, 0.05) is 24.4 Å². The minimum atomic E-state index is 0.730. The van der Waals surface area contributed by atoms with E-state index in [2.05, 4.69) is 56.5 Å². The highest BCUT2D eigenvalue weighted by Crippen LogP contribution is 2.41. The molecule has 0 aromatic carbocycles. The van der Waals surface area contributed by atoms with Crippen molar-refractivity contribution in [2.45, 2.75) is 27.2 Å². The van der Waals surface area contributed by atoms with Crippen LogP contribution < -0.4 is 0 Å². The van der Waals surface area contributed by atoms with Gasteiger partial charge in [0.05, 0.1) is 0 Å². The fourth-order valence-corrected chi connectivity index (χ4v) is 5.67. The maximum Gasteiger partial charge on any atom is 0.0478 e. The number of thiophene rings is 3. The van der Waals surface area contributed by atoms with Crippen molar-refractivity contribution >= 4 is 34.0 Å². The van der Waals surface area contributed by atoms with Crippen molar-refractivity contribution in [3.63, 3.8) is 0 Å². The van der Waals surface area contributed by atoms with E-state index in [4.69, 9.17) is 0 Å². The topological polar surface area (TPSA) is 0 Å². The zero-order valence-electron chi connectivity index (χ0n) is 12.0. The largest absolute Gasteiger partial charge is 0.143 e. The molecule has 20 heavy (non-hydrogen) atoms. The molecule has 0 amide bonds. The second-order valence-corrected chi connectivity index (χ2v) is 8.63. The summed E-state index contributed by atoms with van der Waals surface area (Å²) in [6.45, 7) is 6.78. The Bertz CT molecular complexity index is 684. The van der Waals surface area contributed by atoms with Gasteiger partial charge in [-0.3, -0.25) is 0 Å². The Kier molecular flexibility index (Phi) is 4.11. The summed E-state index contributed by atoms with van der Waals surface area (Å²) in [4.78, 5) is 7.13. The Hall–Kier alpha value is -0.900. The summed E-state index contributed by atoms with van der Waals surface area (Å²) in [5.41, 5.74) is 1.39. The number of rotatable bonds is 4. The van der Waals surface area contributed by atoms with E-state index in [0.717, 1.165) is 5.92 Å². The maximum absolute atomic E-state index is 2.34. The minimum Gasteiger partial charge on any atom is -0.143 e. The van der Waals surface area contributed by atoms with Crippen LogP contribution in [-0.2, 0) is 6.42 Å². The van der Waals surface area contributed by atoms with E-state index >= 15 is 0 Å². The molecule has 0 atom stereocenters. The maximum atomic E-state index is 2.34. The molecule has 3 rings (SSSR count). The summed E-state index contributed by atoms with van der Waals surface area (Å²) in [5, 5.41) is 2.15. The van der Waals surface area contributed by atoms with Crippen LogP contribution in [0.15, 0.2) is 35.7 Å². The zero-order chi connectivity index (χ0) is 14.1. The van der Waals surface area contributed by atoms with Gasteiger partial charge in [-0.25, -0.2) is 0 Å². The SMILES string of the molecule is Cc1cc(-c2ccc(CC(C)C)s2)sc1-c1cccs1. The first kappa shape index (κ1) is 14.1. The lowest BCUT2D eigenvalue weighted by Crippen LogP contribution is -1.89. The predicted molar refractivity (Wildman–Crippen MR) is 94.2 cm³/mol. The summed E-state index contributed by atoms with van der Waals surface area (Å²) in [6, 6.07) is 11.3. The van der Waals surface area contributed by atoms with Crippen LogP contribution in [0.4, 0.5) is 0 Å². The number of hydrogen-bond acceptors (Lipinski definition) is 3. The first-order chi connectivity index (χ1) is 9.63. The van der Waals surface area contributed by atoms with Crippen LogP contribution in [0.1, 0.15) is 24.3 Å². The van der Waals surface area contributed by atoms with Gasteiger partial charge >= 0.3 is 0 Å². The van der Waals surface area contributed by atoms with Crippen LogP contribution in [0.3, 0.4) is 0 Å². The lowest BCUT2D eigenvalue weighted by atomic mass is 10.1. The summed E-state index contributed by atoms with van der Waals surface area (Å²) >= 11 is 5.70. The first-order valence-corrected chi connectivity index (χ1v) is 9.38. The summed E-state index contributed by atoms with van der Waals surface area (Å²) in [5.74, 6) is 0.730. The number of aryl methyl sites for hydroxylation is 1. The highest BCUT2D eigenvalue weighted by atomic mass is 32.1. The molecule has 0 N–H and O–H groups in total.